The Hall–Kier alpha value is -4.52. The van der Waals surface area contributed by atoms with Gasteiger partial charge in [-0.05, 0) is 47.9 Å². The van der Waals surface area contributed by atoms with Crippen LogP contribution in [0.3, 0.4) is 0 Å². The second-order valence-corrected chi connectivity index (χ2v) is 9.64. The van der Waals surface area contributed by atoms with Gasteiger partial charge in [0.05, 0.1) is 30.2 Å². The molecule has 1 fully saturated rings. The van der Waals surface area contributed by atoms with Crippen LogP contribution in [-0.2, 0) is 4.79 Å². The van der Waals surface area contributed by atoms with Crippen LogP contribution >= 0.6 is 0 Å². The Kier molecular flexibility index (Phi) is 6.45. The Morgan fingerprint density at radius 2 is 2.11 bits per heavy atom. The number of hydrogen-bond acceptors (Lipinski definition) is 6. The molecule has 38 heavy (non-hydrogen) atoms. The first-order valence-electron chi connectivity index (χ1n) is 12.2. The summed E-state index contributed by atoms with van der Waals surface area (Å²) in [4.78, 5) is 34.9. The largest absolute Gasteiger partial charge is 0.356 e. The van der Waals surface area contributed by atoms with Crippen molar-refractivity contribution in [3.8, 4) is 6.07 Å². The summed E-state index contributed by atoms with van der Waals surface area (Å²) in [6.07, 6.45) is 13.3. The van der Waals surface area contributed by atoms with Crippen LogP contribution in [0.1, 0.15) is 29.3 Å². The van der Waals surface area contributed by atoms with Crippen LogP contribution in [0, 0.1) is 11.3 Å². The van der Waals surface area contributed by atoms with Gasteiger partial charge in [-0.3, -0.25) is 14.6 Å². The fourth-order valence-electron chi connectivity index (χ4n) is 4.88. The molecule has 0 bridgehead atoms. The highest BCUT2D eigenvalue weighted by Gasteiger charge is 2.47. The van der Waals surface area contributed by atoms with E-state index in [4.69, 9.17) is 5.26 Å². The fourth-order valence-corrected chi connectivity index (χ4v) is 4.88. The third-order valence-corrected chi connectivity index (χ3v) is 6.92. The first-order valence-corrected chi connectivity index (χ1v) is 12.2. The van der Waals surface area contributed by atoms with Crippen molar-refractivity contribution in [1.29, 1.82) is 5.26 Å². The molecular weight excluding hydrogens is 490 g/mol. The van der Waals surface area contributed by atoms with Crippen molar-refractivity contribution >= 4 is 28.8 Å². The van der Waals surface area contributed by atoms with Gasteiger partial charge in [-0.25, -0.2) is 8.78 Å². The number of allylic oxidation sites excluding steroid dienone is 3. The summed E-state index contributed by atoms with van der Waals surface area (Å²) in [5.74, 6) is -4.37. The molecule has 3 aliphatic heterocycles. The van der Waals surface area contributed by atoms with E-state index in [2.05, 4.69) is 38.5 Å². The summed E-state index contributed by atoms with van der Waals surface area (Å²) >= 11 is 0. The summed E-state index contributed by atoms with van der Waals surface area (Å²) in [6, 6.07) is 7.66. The number of likely N-dealkylation sites (tertiary alicyclic amines) is 1. The van der Waals surface area contributed by atoms with Gasteiger partial charge in [0.25, 0.3) is 11.8 Å². The van der Waals surface area contributed by atoms with E-state index in [9.17, 15) is 18.4 Å². The lowest BCUT2D eigenvalue weighted by Crippen LogP contribution is -2.43. The lowest BCUT2D eigenvalue weighted by atomic mass is 10.0. The highest BCUT2D eigenvalue weighted by atomic mass is 19.3. The summed E-state index contributed by atoms with van der Waals surface area (Å²) < 4.78 is 27.4. The average molecular weight is 517 g/mol. The van der Waals surface area contributed by atoms with Crippen LogP contribution in [0.15, 0.2) is 72.4 Å². The number of carbonyl (C=O) groups excluding carboxylic acids is 2. The molecule has 4 heterocycles. The minimum atomic E-state index is -3.11. The van der Waals surface area contributed by atoms with Gasteiger partial charge in [-0.2, -0.15) is 5.26 Å². The molecule has 1 aromatic carbocycles. The zero-order chi connectivity index (χ0) is 27.0. The molecule has 2 aromatic rings. The highest BCUT2D eigenvalue weighted by molar-refractivity contribution is 6.07. The van der Waals surface area contributed by atoms with E-state index in [0.29, 0.717) is 16.5 Å². The number of nitrogens with one attached hydrogen (secondary N) is 1. The van der Waals surface area contributed by atoms with Crippen molar-refractivity contribution in [1.82, 2.24) is 25.0 Å². The third kappa shape index (κ3) is 4.87. The summed E-state index contributed by atoms with van der Waals surface area (Å²) in [6.45, 7) is 0.699. The van der Waals surface area contributed by atoms with E-state index in [1.807, 2.05) is 50.6 Å². The van der Waals surface area contributed by atoms with Crippen molar-refractivity contribution in [3.05, 3.63) is 83.5 Å². The van der Waals surface area contributed by atoms with Gasteiger partial charge in [0.2, 0.25) is 5.91 Å². The molecule has 10 heteroatoms. The first-order chi connectivity index (χ1) is 18.1. The van der Waals surface area contributed by atoms with Crippen LogP contribution in [0.5, 0.6) is 0 Å². The predicted molar refractivity (Wildman–Crippen MR) is 138 cm³/mol. The highest BCUT2D eigenvalue weighted by Crippen LogP contribution is 2.32. The smallest absolute Gasteiger partial charge is 0.268 e. The third-order valence-electron chi connectivity index (χ3n) is 6.92. The van der Waals surface area contributed by atoms with Crippen LogP contribution in [-0.4, -0.2) is 69.8 Å². The molecule has 0 radical (unpaired) electrons. The van der Waals surface area contributed by atoms with Crippen molar-refractivity contribution in [2.45, 2.75) is 31.5 Å². The summed E-state index contributed by atoms with van der Waals surface area (Å²) in [5.41, 5.74) is 3.88. The van der Waals surface area contributed by atoms with Crippen LogP contribution in [0.2, 0.25) is 0 Å². The topological polar surface area (TPSA) is 92.6 Å². The number of nitriles is 1. The molecule has 0 saturated carbocycles. The lowest BCUT2D eigenvalue weighted by Gasteiger charge is -2.28. The second kappa shape index (κ2) is 9.74. The monoisotopic (exact) mass is 516 g/mol. The number of amides is 2. The van der Waals surface area contributed by atoms with Gasteiger partial charge < -0.3 is 20.0 Å². The zero-order valence-electron chi connectivity index (χ0n) is 20.9. The number of likely N-dealkylation sites (N-methyl/N-ethyl adjacent to an activating group) is 1. The van der Waals surface area contributed by atoms with Crippen LogP contribution in [0.4, 0.5) is 8.78 Å². The Labute approximate surface area is 218 Å². The molecular formula is C28H26F2N6O2. The van der Waals surface area contributed by atoms with E-state index >= 15 is 0 Å². The number of pyridine rings is 1. The standard InChI is InChI=1S/C28H26F2N6O2/c1-18(20-4-6-25-34(2)9-10-35(25)16-20)11-19-3-5-24-23(12-19)22(7-8-32-24)27(38)33-15-26(37)36-17-28(29,30)13-21(36)14-31/h3-12,16,21,25H,13,15,17H2,1-2H3,(H,33,38). The molecule has 1 aromatic heterocycles. The van der Waals surface area contributed by atoms with E-state index in [-0.39, 0.29) is 6.17 Å². The van der Waals surface area contributed by atoms with E-state index in [0.717, 1.165) is 21.6 Å². The van der Waals surface area contributed by atoms with Gasteiger partial charge in [-0.1, -0.05) is 18.2 Å². The maximum atomic E-state index is 13.7. The number of fused-ring (bicyclic) bond motifs is 2. The van der Waals surface area contributed by atoms with Crippen molar-refractivity contribution in [2.24, 2.45) is 0 Å². The summed E-state index contributed by atoms with van der Waals surface area (Å²) in [7, 11) is 2.02. The fraction of sp³-hybridized carbons (Fsp3) is 0.286. The minimum absolute atomic E-state index is 0.180. The number of nitrogens with zero attached hydrogens (tertiary/aromatic N) is 5. The quantitative estimate of drug-likeness (QED) is 0.653. The minimum Gasteiger partial charge on any atom is -0.356 e. The molecule has 8 nitrogen and oxygen atoms in total. The molecule has 5 rings (SSSR count). The maximum absolute atomic E-state index is 13.7. The molecule has 0 aliphatic carbocycles. The van der Waals surface area contributed by atoms with Gasteiger partial charge in [0.15, 0.2) is 0 Å². The molecule has 2 amide bonds. The molecule has 1 saturated heterocycles. The molecule has 194 valence electrons. The Bertz CT molecular complexity index is 1470. The number of rotatable bonds is 5. The number of hydrogen-bond donors (Lipinski definition) is 1. The molecule has 2 atom stereocenters. The zero-order valence-corrected chi connectivity index (χ0v) is 20.9. The number of aromatic nitrogens is 1. The molecule has 0 spiro atoms. The summed E-state index contributed by atoms with van der Waals surface area (Å²) in [5, 5.41) is 12.2. The van der Waals surface area contributed by atoms with Crippen molar-refractivity contribution in [3.63, 3.8) is 0 Å². The number of alkyl halides is 2. The first kappa shape index (κ1) is 25.1. The van der Waals surface area contributed by atoms with Gasteiger partial charge in [0, 0.05) is 43.7 Å². The van der Waals surface area contributed by atoms with Crippen molar-refractivity contribution in [2.75, 3.05) is 20.1 Å². The number of benzene rings is 1. The van der Waals surface area contributed by atoms with E-state index in [1.165, 1.54) is 6.20 Å². The number of carbonyl (C=O) groups is 2. The molecule has 1 N–H and O–H groups in total. The lowest BCUT2D eigenvalue weighted by molar-refractivity contribution is -0.131. The second-order valence-electron chi connectivity index (χ2n) is 9.64. The predicted octanol–water partition coefficient (Wildman–Crippen LogP) is 3.63. The van der Waals surface area contributed by atoms with E-state index < -0.39 is 43.3 Å². The Morgan fingerprint density at radius 1 is 1.29 bits per heavy atom. The van der Waals surface area contributed by atoms with Gasteiger partial charge >= 0.3 is 0 Å². The maximum Gasteiger partial charge on any atom is 0.268 e. The van der Waals surface area contributed by atoms with Crippen LogP contribution in [0.25, 0.3) is 17.0 Å². The SMILES string of the molecule is CC(=Cc1ccc2nccc(C(=O)NCC(=O)N3CC(F)(F)CC3C#N)c2c1)C1=CN2C=CN(C)C2C=C1. The van der Waals surface area contributed by atoms with Crippen LogP contribution < -0.4 is 5.32 Å². The van der Waals surface area contributed by atoms with Gasteiger partial charge in [-0.15, -0.1) is 0 Å². The van der Waals surface area contributed by atoms with Crippen molar-refractivity contribution < 1.29 is 18.4 Å². The normalized spacial score (nSPS) is 21.9. The number of halogens is 2. The van der Waals surface area contributed by atoms with E-state index in [1.54, 1.807) is 12.1 Å². The molecule has 3 aliphatic rings. The average Bonchev–Trinajstić information content (AvgIpc) is 3.44. The Morgan fingerprint density at radius 3 is 2.89 bits per heavy atom. The Balaban J connectivity index is 1.33. The van der Waals surface area contributed by atoms with Gasteiger partial charge in [0.1, 0.15) is 12.2 Å². The molecule has 2 unspecified atom stereocenters.